The van der Waals surface area contributed by atoms with Gasteiger partial charge in [-0.15, -0.1) is 0 Å². The highest BCUT2D eigenvalue weighted by Crippen LogP contribution is 2.39. The first-order valence-corrected chi connectivity index (χ1v) is 6.27. The lowest BCUT2D eigenvalue weighted by Gasteiger charge is -2.17. The number of hydrogen-bond donors (Lipinski definition) is 1. The number of methoxy groups -OCH3 is 1. The predicted octanol–water partition coefficient (Wildman–Crippen LogP) is 1.64. The predicted molar refractivity (Wildman–Crippen MR) is 68.8 cm³/mol. The van der Waals surface area contributed by atoms with Crippen LogP contribution in [0.1, 0.15) is 35.4 Å². The van der Waals surface area contributed by atoms with Crippen molar-refractivity contribution in [2.24, 2.45) is 0 Å². The summed E-state index contributed by atoms with van der Waals surface area (Å²) in [7, 11) is 1.55. The van der Waals surface area contributed by atoms with Crippen LogP contribution in [0.3, 0.4) is 0 Å². The van der Waals surface area contributed by atoms with Crippen molar-refractivity contribution in [1.82, 2.24) is 15.0 Å². The Kier molecular flexibility index (Phi) is 3.13. The molecule has 3 rings (SSSR count). The van der Waals surface area contributed by atoms with Crippen molar-refractivity contribution in [2.75, 3.05) is 7.11 Å². The number of aryl methyl sites for hydroxylation is 1. The van der Waals surface area contributed by atoms with E-state index < -0.39 is 6.10 Å². The molecule has 0 radical (unpaired) electrons. The van der Waals surface area contributed by atoms with E-state index in [9.17, 15) is 5.11 Å². The first-order valence-electron chi connectivity index (χ1n) is 6.27. The number of ether oxygens (including phenoxy) is 1. The van der Waals surface area contributed by atoms with E-state index in [0.29, 0.717) is 11.6 Å². The highest BCUT2D eigenvalue weighted by atomic mass is 16.5. The highest BCUT2D eigenvalue weighted by Gasteiger charge is 2.31. The van der Waals surface area contributed by atoms with Crippen LogP contribution in [0.15, 0.2) is 30.7 Å². The normalized spacial score (nSPS) is 18.9. The first-order chi connectivity index (χ1) is 9.29. The number of aliphatic hydroxyl groups excluding tert-OH is 1. The summed E-state index contributed by atoms with van der Waals surface area (Å²) in [4.78, 5) is 12.5. The van der Waals surface area contributed by atoms with E-state index in [1.54, 1.807) is 19.4 Å². The Morgan fingerprint density at radius 2 is 2.26 bits per heavy atom. The van der Waals surface area contributed by atoms with Gasteiger partial charge in [-0.3, -0.25) is 4.98 Å². The van der Waals surface area contributed by atoms with Gasteiger partial charge in [0.05, 0.1) is 12.8 Å². The van der Waals surface area contributed by atoms with Crippen molar-refractivity contribution in [3.8, 4) is 5.88 Å². The van der Waals surface area contributed by atoms with E-state index in [2.05, 4.69) is 21.0 Å². The van der Waals surface area contributed by atoms with E-state index in [1.807, 2.05) is 6.07 Å². The minimum atomic E-state index is -0.673. The molecule has 5 heteroatoms. The molecule has 2 unspecified atom stereocenters. The summed E-state index contributed by atoms with van der Waals surface area (Å²) >= 11 is 0. The molecule has 2 aromatic heterocycles. The molecule has 0 spiro atoms. The SMILES string of the molecule is COc1cc(C(O)C2CCc3cccnc32)ncn1. The van der Waals surface area contributed by atoms with Crippen LogP contribution >= 0.6 is 0 Å². The molecule has 2 aromatic rings. The van der Waals surface area contributed by atoms with Gasteiger partial charge in [0, 0.05) is 23.9 Å². The average Bonchev–Trinajstić information content (AvgIpc) is 2.90. The lowest BCUT2D eigenvalue weighted by Crippen LogP contribution is -2.11. The van der Waals surface area contributed by atoms with Crippen LogP contribution in [0.2, 0.25) is 0 Å². The van der Waals surface area contributed by atoms with E-state index >= 15 is 0 Å². The van der Waals surface area contributed by atoms with E-state index in [0.717, 1.165) is 18.5 Å². The number of aliphatic hydroxyl groups is 1. The lowest BCUT2D eigenvalue weighted by molar-refractivity contribution is 0.138. The third-order valence-electron chi connectivity index (χ3n) is 3.56. The second-order valence-corrected chi connectivity index (χ2v) is 4.62. The van der Waals surface area contributed by atoms with Gasteiger partial charge >= 0.3 is 0 Å². The first kappa shape index (κ1) is 12.0. The molecular weight excluding hydrogens is 242 g/mol. The topological polar surface area (TPSA) is 68.1 Å². The van der Waals surface area contributed by atoms with Crippen LogP contribution in [0.25, 0.3) is 0 Å². The minimum absolute atomic E-state index is 0.00388. The molecule has 2 heterocycles. The summed E-state index contributed by atoms with van der Waals surface area (Å²) in [5.74, 6) is 0.457. The van der Waals surface area contributed by atoms with Crippen LogP contribution in [-0.2, 0) is 6.42 Å². The van der Waals surface area contributed by atoms with Crippen LogP contribution in [0.5, 0.6) is 5.88 Å². The van der Waals surface area contributed by atoms with Crippen LogP contribution in [-0.4, -0.2) is 27.2 Å². The molecule has 1 N–H and O–H groups in total. The number of pyridine rings is 1. The van der Waals surface area contributed by atoms with Crippen molar-refractivity contribution >= 4 is 0 Å². The quantitative estimate of drug-likeness (QED) is 0.905. The Bertz CT molecular complexity index is 588. The summed E-state index contributed by atoms with van der Waals surface area (Å²) < 4.78 is 5.06. The molecule has 0 bridgehead atoms. The summed E-state index contributed by atoms with van der Waals surface area (Å²) in [6.07, 6.45) is 4.34. The molecule has 0 fully saturated rings. The second kappa shape index (κ2) is 4.93. The Labute approximate surface area is 111 Å². The standard InChI is InChI=1S/C14H15N3O2/c1-19-12-7-11(16-8-17-12)14(18)10-5-4-9-3-2-6-15-13(9)10/h2-3,6-8,10,14,18H,4-5H2,1H3. The Hall–Kier alpha value is -2.01. The molecule has 0 saturated heterocycles. The molecule has 19 heavy (non-hydrogen) atoms. The van der Waals surface area contributed by atoms with Gasteiger partial charge in [-0.25, -0.2) is 9.97 Å². The highest BCUT2D eigenvalue weighted by molar-refractivity contribution is 5.31. The van der Waals surface area contributed by atoms with E-state index in [-0.39, 0.29) is 5.92 Å². The number of aromatic nitrogens is 3. The molecule has 1 aliphatic carbocycles. The lowest BCUT2D eigenvalue weighted by atomic mass is 9.97. The molecular formula is C14H15N3O2. The van der Waals surface area contributed by atoms with Gasteiger partial charge < -0.3 is 9.84 Å². The molecule has 0 amide bonds. The van der Waals surface area contributed by atoms with Crippen LogP contribution in [0.4, 0.5) is 0 Å². The zero-order chi connectivity index (χ0) is 13.2. The third-order valence-corrected chi connectivity index (χ3v) is 3.56. The summed E-state index contributed by atoms with van der Waals surface area (Å²) in [5.41, 5.74) is 2.77. The van der Waals surface area contributed by atoms with Crippen molar-refractivity contribution in [2.45, 2.75) is 24.9 Å². The van der Waals surface area contributed by atoms with Gasteiger partial charge in [-0.1, -0.05) is 6.07 Å². The van der Waals surface area contributed by atoms with Crippen molar-refractivity contribution in [1.29, 1.82) is 0 Å². The molecule has 1 aliphatic rings. The smallest absolute Gasteiger partial charge is 0.216 e. The van der Waals surface area contributed by atoms with Gasteiger partial charge in [0.15, 0.2) is 0 Å². The number of hydrogen-bond acceptors (Lipinski definition) is 5. The van der Waals surface area contributed by atoms with Gasteiger partial charge in [0.1, 0.15) is 12.4 Å². The average molecular weight is 257 g/mol. The maximum atomic E-state index is 10.5. The fraction of sp³-hybridized carbons (Fsp3) is 0.357. The summed E-state index contributed by atoms with van der Waals surface area (Å²) in [6.45, 7) is 0. The molecule has 2 atom stereocenters. The zero-order valence-corrected chi connectivity index (χ0v) is 10.7. The summed E-state index contributed by atoms with van der Waals surface area (Å²) in [6, 6.07) is 5.67. The van der Waals surface area contributed by atoms with Gasteiger partial charge in [-0.2, -0.15) is 0 Å². The van der Waals surface area contributed by atoms with Gasteiger partial charge in [0.2, 0.25) is 5.88 Å². The van der Waals surface area contributed by atoms with Crippen molar-refractivity contribution in [3.63, 3.8) is 0 Å². The van der Waals surface area contributed by atoms with Gasteiger partial charge in [-0.05, 0) is 24.5 Å². The summed E-state index contributed by atoms with van der Waals surface area (Å²) in [5, 5.41) is 10.5. The van der Waals surface area contributed by atoms with Gasteiger partial charge in [0.25, 0.3) is 0 Å². The maximum Gasteiger partial charge on any atom is 0.216 e. The largest absolute Gasteiger partial charge is 0.481 e. The minimum Gasteiger partial charge on any atom is -0.481 e. The molecule has 5 nitrogen and oxygen atoms in total. The molecule has 0 saturated carbocycles. The Balaban J connectivity index is 1.90. The van der Waals surface area contributed by atoms with Crippen molar-refractivity contribution < 1.29 is 9.84 Å². The molecule has 0 aliphatic heterocycles. The fourth-order valence-electron chi connectivity index (χ4n) is 2.58. The molecule has 98 valence electrons. The molecule has 0 aromatic carbocycles. The zero-order valence-electron chi connectivity index (χ0n) is 10.7. The monoisotopic (exact) mass is 257 g/mol. The second-order valence-electron chi connectivity index (χ2n) is 4.62. The number of fused-ring (bicyclic) bond motifs is 1. The van der Waals surface area contributed by atoms with E-state index in [4.69, 9.17) is 4.74 Å². The third kappa shape index (κ3) is 2.17. The van der Waals surface area contributed by atoms with Crippen molar-refractivity contribution in [3.05, 3.63) is 47.7 Å². The fourth-order valence-corrected chi connectivity index (χ4v) is 2.58. The number of rotatable bonds is 3. The number of nitrogens with zero attached hydrogens (tertiary/aromatic N) is 3. The maximum absolute atomic E-state index is 10.5. The van der Waals surface area contributed by atoms with Crippen LogP contribution in [0, 0.1) is 0 Å². The van der Waals surface area contributed by atoms with Crippen LogP contribution < -0.4 is 4.74 Å². The van der Waals surface area contributed by atoms with E-state index in [1.165, 1.54) is 11.9 Å². The Morgan fingerprint density at radius 1 is 1.37 bits per heavy atom. The Morgan fingerprint density at radius 3 is 3.11 bits per heavy atom.